The van der Waals surface area contributed by atoms with E-state index in [0.717, 1.165) is 28.7 Å². The third kappa shape index (κ3) is 4.12. The lowest BCUT2D eigenvalue weighted by atomic mass is 9.97. The van der Waals surface area contributed by atoms with Crippen LogP contribution < -0.4 is 0 Å². The summed E-state index contributed by atoms with van der Waals surface area (Å²) in [6, 6.07) is 13.2. The van der Waals surface area contributed by atoms with Crippen molar-refractivity contribution in [3.05, 3.63) is 86.7 Å². The van der Waals surface area contributed by atoms with Crippen LogP contribution in [0, 0.1) is 41.5 Å². The van der Waals surface area contributed by atoms with Gasteiger partial charge in [0, 0.05) is 23.6 Å². The number of benzene rings is 2. The standard InChI is InChI=1S/C25H28N4S/c1-15-7-9-17(3)21(11-15)13-23-19(5)26-24-27-25(28-29(24)20(23)6)30-14-22-12-16(2)8-10-18(22)4/h7-12H,13-14H2,1-6H3. The van der Waals surface area contributed by atoms with E-state index in [1.807, 2.05) is 4.52 Å². The second kappa shape index (κ2) is 8.23. The van der Waals surface area contributed by atoms with Crippen molar-refractivity contribution < 1.29 is 0 Å². The predicted molar refractivity (Wildman–Crippen MR) is 124 cm³/mol. The molecule has 0 saturated carbocycles. The predicted octanol–water partition coefficient (Wildman–Crippen LogP) is 5.86. The van der Waals surface area contributed by atoms with E-state index in [0.29, 0.717) is 5.78 Å². The minimum Gasteiger partial charge on any atom is -0.216 e. The van der Waals surface area contributed by atoms with Crippen LogP contribution in [0.15, 0.2) is 41.6 Å². The molecule has 4 nitrogen and oxygen atoms in total. The zero-order valence-corrected chi connectivity index (χ0v) is 19.4. The molecule has 0 fully saturated rings. The lowest BCUT2D eigenvalue weighted by Crippen LogP contribution is -2.07. The topological polar surface area (TPSA) is 43.1 Å². The Bertz CT molecular complexity index is 1240. The Balaban J connectivity index is 1.64. The summed E-state index contributed by atoms with van der Waals surface area (Å²) in [6.07, 6.45) is 0.860. The van der Waals surface area contributed by atoms with Gasteiger partial charge in [0.15, 0.2) is 0 Å². The number of aromatic nitrogens is 4. The van der Waals surface area contributed by atoms with Crippen LogP contribution in [-0.2, 0) is 12.2 Å². The van der Waals surface area contributed by atoms with Gasteiger partial charge in [-0.3, -0.25) is 0 Å². The van der Waals surface area contributed by atoms with Crippen molar-refractivity contribution in [2.75, 3.05) is 0 Å². The monoisotopic (exact) mass is 416 g/mol. The molecule has 0 N–H and O–H groups in total. The minimum atomic E-state index is 0.679. The van der Waals surface area contributed by atoms with Gasteiger partial charge >= 0.3 is 0 Å². The van der Waals surface area contributed by atoms with Crippen LogP contribution in [0.5, 0.6) is 0 Å². The highest BCUT2D eigenvalue weighted by Crippen LogP contribution is 2.25. The van der Waals surface area contributed by atoms with Gasteiger partial charge in [-0.05, 0) is 69.4 Å². The number of hydrogen-bond donors (Lipinski definition) is 0. The summed E-state index contributed by atoms with van der Waals surface area (Å²) < 4.78 is 1.90. The molecule has 0 aliphatic carbocycles. The summed E-state index contributed by atoms with van der Waals surface area (Å²) in [5, 5.41) is 5.54. The van der Waals surface area contributed by atoms with Crippen LogP contribution in [0.1, 0.15) is 50.3 Å². The Hall–Kier alpha value is -2.66. The van der Waals surface area contributed by atoms with Crippen LogP contribution >= 0.6 is 11.8 Å². The number of aryl methyl sites for hydroxylation is 6. The van der Waals surface area contributed by atoms with Crippen molar-refractivity contribution in [1.29, 1.82) is 0 Å². The van der Waals surface area contributed by atoms with E-state index in [2.05, 4.69) is 82.9 Å². The van der Waals surface area contributed by atoms with E-state index < -0.39 is 0 Å². The first-order valence-electron chi connectivity index (χ1n) is 10.3. The van der Waals surface area contributed by atoms with Crippen molar-refractivity contribution in [3.8, 4) is 0 Å². The van der Waals surface area contributed by atoms with E-state index in [1.54, 1.807) is 11.8 Å². The maximum absolute atomic E-state index is 4.77. The second-order valence-corrected chi connectivity index (χ2v) is 9.14. The molecule has 5 heteroatoms. The normalized spacial score (nSPS) is 11.4. The summed E-state index contributed by atoms with van der Waals surface area (Å²) >= 11 is 1.67. The number of thioether (sulfide) groups is 1. The molecular weight excluding hydrogens is 388 g/mol. The summed E-state index contributed by atoms with van der Waals surface area (Å²) in [4.78, 5) is 9.45. The Morgan fingerprint density at radius 1 is 0.800 bits per heavy atom. The first kappa shape index (κ1) is 20.6. The van der Waals surface area contributed by atoms with Gasteiger partial charge in [-0.15, -0.1) is 5.10 Å². The first-order valence-corrected chi connectivity index (χ1v) is 11.3. The average Bonchev–Trinajstić information content (AvgIpc) is 3.11. The second-order valence-electron chi connectivity index (χ2n) is 8.19. The molecule has 0 amide bonds. The molecule has 0 atom stereocenters. The number of rotatable bonds is 5. The van der Waals surface area contributed by atoms with Crippen LogP contribution in [0.2, 0.25) is 0 Å². The van der Waals surface area contributed by atoms with E-state index in [-0.39, 0.29) is 0 Å². The van der Waals surface area contributed by atoms with Crippen molar-refractivity contribution >= 4 is 17.5 Å². The van der Waals surface area contributed by atoms with Crippen molar-refractivity contribution in [2.24, 2.45) is 0 Å². The maximum Gasteiger partial charge on any atom is 0.253 e. The highest BCUT2D eigenvalue weighted by Gasteiger charge is 2.15. The zero-order chi connectivity index (χ0) is 21.4. The van der Waals surface area contributed by atoms with Gasteiger partial charge in [0.25, 0.3) is 5.78 Å². The molecule has 0 aliphatic rings. The summed E-state index contributed by atoms with van der Waals surface area (Å²) in [7, 11) is 0. The Kier molecular flexibility index (Phi) is 5.65. The van der Waals surface area contributed by atoms with Crippen LogP contribution in [0.3, 0.4) is 0 Å². The van der Waals surface area contributed by atoms with Crippen LogP contribution in [0.25, 0.3) is 5.78 Å². The molecule has 154 valence electrons. The Morgan fingerprint density at radius 2 is 1.43 bits per heavy atom. The summed E-state index contributed by atoms with van der Waals surface area (Å²) in [5.41, 5.74) is 11.2. The van der Waals surface area contributed by atoms with Crippen molar-refractivity contribution in [1.82, 2.24) is 19.6 Å². The fraction of sp³-hybridized carbons (Fsp3) is 0.320. The van der Waals surface area contributed by atoms with Gasteiger partial charge in [0.1, 0.15) is 0 Å². The highest BCUT2D eigenvalue weighted by molar-refractivity contribution is 7.98. The molecule has 2 aromatic carbocycles. The van der Waals surface area contributed by atoms with Gasteiger partial charge in [-0.2, -0.15) is 4.98 Å². The third-order valence-electron chi connectivity index (χ3n) is 5.76. The Labute approximate surface area is 182 Å². The smallest absolute Gasteiger partial charge is 0.216 e. The lowest BCUT2D eigenvalue weighted by Gasteiger charge is -2.12. The molecule has 30 heavy (non-hydrogen) atoms. The van der Waals surface area contributed by atoms with Gasteiger partial charge < -0.3 is 0 Å². The van der Waals surface area contributed by atoms with Gasteiger partial charge in [0.2, 0.25) is 5.16 Å². The molecule has 0 unspecified atom stereocenters. The fourth-order valence-corrected chi connectivity index (χ4v) is 4.67. The fourth-order valence-electron chi connectivity index (χ4n) is 3.79. The summed E-state index contributed by atoms with van der Waals surface area (Å²) in [5.74, 6) is 1.54. The third-order valence-corrected chi connectivity index (χ3v) is 6.65. The number of fused-ring (bicyclic) bond motifs is 1. The highest BCUT2D eigenvalue weighted by atomic mass is 32.2. The molecule has 2 heterocycles. The van der Waals surface area contributed by atoms with E-state index in [1.165, 1.54) is 38.9 Å². The molecule has 0 aliphatic heterocycles. The van der Waals surface area contributed by atoms with Crippen molar-refractivity contribution in [3.63, 3.8) is 0 Å². The lowest BCUT2D eigenvalue weighted by molar-refractivity contribution is 0.823. The SMILES string of the molecule is Cc1ccc(C)c(CSc2nc3nc(C)c(Cc4cc(C)ccc4C)c(C)n3n2)c1. The Morgan fingerprint density at radius 3 is 2.13 bits per heavy atom. The molecule has 2 aromatic heterocycles. The van der Waals surface area contributed by atoms with Gasteiger partial charge in [0.05, 0.1) is 0 Å². The molecule has 4 aromatic rings. The van der Waals surface area contributed by atoms with E-state index in [4.69, 9.17) is 10.1 Å². The van der Waals surface area contributed by atoms with E-state index >= 15 is 0 Å². The maximum atomic E-state index is 4.77. The van der Waals surface area contributed by atoms with Crippen molar-refractivity contribution in [2.45, 2.75) is 58.9 Å². The first-order chi connectivity index (χ1) is 14.3. The summed E-state index contributed by atoms with van der Waals surface area (Å²) in [6.45, 7) is 12.8. The zero-order valence-electron chi connectivity index (χ0n) is 18.6. The number of nitrogens with zero attached hydrogens (tertiary/aromatic N) is 4. The molecule has 0 radical (unpaired) electrons. The van der Waals surface area contributed by atoms with E-state index in [9.17, 15) is 0 Å². The molecule has 0 spiro atoms. The van der Waals surface area contributed by atoms with Gasteiger partial charge in [-0.25, -0.2) is 9.50 Å². The molecule has 0 bridgehead atoms. The average molecular weight is 417 g/mol. The van der Waals surface area contributed by atoms with Crippen LogP contribution in [-0.4, -0.2) is 19.6 Å². The van der Waals surface area contributed by atoms with Gasteiger partial charge in [-0.1, -0.05) is 59.3 Å². The quantitative estimate of drug-likeness (QED) is 0.382. The van der Waals surface area contributed by atoms with Crippen LogP contribution in [0.4, 0.5) is 0 Å². The largest absolute Gasteiger partial charge is 0.253 e. The minimum absolute atomic E-state index is 0.679. The molecule has 0 saturated heterocycles. The molecule has 4 rings (SSSR count). The number of hydrogen-bond acceptors (Lipinski definition) is 4. The molecular formula is C25H28N4S.